The van der Waals surface area contributed by atoms with Gasteiger partial charge in [-0.15, -0.1) is 0 Å². The highest BCUT2D eigenvalue weighted by Gasteiger charge is 2.27. The van der Waals surface area contributed by atoms with Crippen LogP contribution in [0.25, 0.3) is 6.08 Å². The number of non-ortho nitro benzene ring substituents is 1. The van der Waals surface area contributed by atoms with Gasteiger partial charge >= 0.3 is 5.97 Å². The average Bonchev–Trinajstić information content (AvgIpc) is 3.18. The van der Waals surface area contributed by atoms with Gasteiger partial charge in [0.15, 0.2) is 17.2 Å². The second-order valence-electron chi connectivity index (χ2n) is 7.17. The number of rotatable bonds is 7. The highest BCUT2D eigenvalue weighted by atomic mass is 79.9. The Morgan fingerprint density at radius 3 is 2.60 bits per heavy atom. The molecule has 0 saturated carbocycles. The summed E-state index contributed by atoms with van der Waals surface area (Å²) in [4.78, 5) is 27.0. The topological polar surface area (TPSA) is 100 Å². The minimum Gasteiger partial charge on any atom is -0.493 e. The number of nitrogens with zero attached hydrogens (tertiary/aromatic N) is 2. The van der Waals surface area contributed by atoms with Crippen molar-refractivity contribution in [2.24, 2.45) is 4.99 Å². The monoisotopic (exact) mass is 620 g/mol. The summed E-state index contributed by atoms with van der Waals surface area (Å²) >= 11 is 13.1. The molecule has 0 fully saturated rings. The average molecular weight is 623 g/mol. The van der Waals surface area contributed by atoms with Crippen LogP contribution < -0.4 is 9.47 Å². The van der Waals surface area contributed by atoms with E-state index in [-0.39, 0.29) is 27.9 Å². The minimum absolute atomic E-state index is 0.0326. The number of nitro groups is 1. The lowest BCUT2D eigenvalue weighted by atomic mass is 10.1. The molecule has 0 saturated heterocycles. The van der Waals surface area contributed by atoms with Gasteiger partial charge in [-0.3, -0.25) is 10.1 Å². The van der Waals surface area contributed by atoms with E-state index in [1.54, 1.807) is 12.1 Å². The molecule has 1 heterocycles. The van der Waals surface area contributed by atoms with Crippen molar-refractivity contribution in [2.75, 3.05) is 7.11 Å². The van der Waals surface area contributed by atoms with Crippen LogP contribution in [-0.2, 0) is 16.1 Å². The van der Waals surface area contributed by atoms with Crippen LogP contribution in [0, 0.1) is 10.1 Å². The zero-order valence-corrected chi connectivity index (χ0v) is 21.9. The number of hydrogen-bond donors (Lipinski definition) is 0. The summed E-state index contributed by atoms with van der Waals surface area (Å²) in [7, 11) is 1.51. The van der Waals surface area contributed by atoms with Gasteiger partial charge < -0.3 is 14.2 Å². The van der Waals surface area contributed by atoms with Crippen molar-refractivity contribution in [3.8, 4) is 11.5 Å². The van der Waals surface area contributed by atoms with E-state index in [0.717, 1.165) is 10.0 Å². The molecule has 4 rings (SSSR count). The molecule has 3 aromatic rings. The lowest BCUT2D eigenvalue weighted by Gasteiger charge is -2.14. The molecule has 178 valence electrons. The summed E-state index contributed by atoms with van der Waals surface area (Å²) in [6, 6.07) is 15.0. The molecule has 0 amide bonds. The van der Waals surface area contributed by atoms with E-state index in [1.807, 2.05) is 24.3 Å². The Labute approximate surface area is 221 Å². The predicted molar refractivity (Wildman–Crippen MR) is 138 cm³/mol. The van der Waals surface area contributed by atoms with Crippen molar-refractivity contribution < 1.29 is 23.9 Å². The highest BCUT2D eigenvalue weighted by Crippen LogP contribution is 2.38. The summed E-state index contributed by atoms with van der Waals surface area (Å²) in [5.74, 6) is 0.229. The van der Waals surface area contributed by atoms with Crippen LogP contribution in [0.1, 0.15) is 16.7 Å². The van der Waals surface area contributed by atoms with Crippen LogP contribution in [0.5, 0.6) is 11.5 Å². The summed E-state index contributed by atoms with van der Waals surface area (Å²) in [6.45, 7) is 0.312. The summed E-state index contributed by atoms with van der Waals surface area (Å²) in [5, 5.41) is 11.0. The van der Waals surface area contributed by atoms with E-state index in [1.165, 1.54) is 31.4 Å². The number of aliphatic imine (C=N–C) groups is 1. The van der Waals surface area contributed by atoms with Crippen molar-refractivity contribution in [3.63, 3.8) is 0 Å². The maximum Gasteiger partial charge on any atom is 0.363 e. The molecule has 0 aliphatic carbocycles. The largest absolute Gasteiger partial charge is 0.493 e. The van der Waals surface area contributed by atoms with E-state index in [9.17, 15) is 14.9 Å². The van der Waals surface area contributed by atoms with Crippen molar-refractivity contribution in [2.45, 2.75) is 6.61 Å². The fraction of sp³-hybridized carbons (Fsp3) is 0.0833. The lowest BCUT2D eigenvalue weighted by molar-refractivity contribution is -0.384. The number of halogens is 3. The van der Waals surface area contributed by atoms with Crippen molar-refractivity contribution in [1.29, 1.82) is 0 Å². The van der Waals surface area contributed by atoms with Crippen molar-refractivity contribution in [3.05, 3.63) is 101 Å². The minimum atomic E-state index is -0.682. The van der Waals surface area contributed by atoms with Gasteiger partial charge in [-0.05, 0) is 51.8 Å². The van der Waals surface area contributed by atoms with Gasteiger partial charge in [0.2, 0.25) is 5.90 Å². The van der Waals surface area contributed by atoms with Gasteiger partial charge in [-0.25, -0.2) is 9.79 Å². The smallest absolute Gasteiger partial charge is 0.363 e. The molecule has 1 aliphatic heterocycles. The van der Waals surface area contributed by atoms with E-state index in [2.05, 4.69) is 36.9 Å². The molecule has 0 spiro atoms. The van der Waals surface area contributed by atoms with E-state index >= 15 is 0 Å². The highest BCUT2D eigenvalue weighted by molar-refractivity contribution is 9.10. The van der Waals surface area contributed by atoms with Crippen LogP contribution >= 0.6 is 43.5 Å². The van der Waals surface area contributed by atoms with E-state index in [0.29, 0.717) is 28.1 Å². The number of hydrogen-bond acceptors (Lipinski definition) is 7. The van der Waals surface area contributed by atoms with Gasteiger partial charge in [0.1, 0.15) is 6.61 Å². The third kappa shape index (κ3) is 5.55. The first-order chi connectivity index (χ1) is 16.8. The quantitative estimate of drug-likeness (QED) is 0.126. The van der Waals surface area contributed by atoms with Crippen molar-refractivity contribution in [1.82, 2.24) is 0 Å². The number of esters is 1. The molecular weight excluding hydrogens is 608 g/mol. The summed E-state index contributed by atoms with van der Waals surface area (Å²) in [5.41, 5.74) is 1.69. The third-order valence-corrected chi connectivity index (χ3v) is 6.57. The molecule has 1 aliphatic rings. The number of carbonyl (C=O) groups is 1. The Bertz CT molecular complexity index is 1410. The first kappa shape index (κ1) is 24.9. The zero-order valence-electron chi connectivity index (χ0n) is 18.0. The maximum atomic E-state index is 12.4. The number of carbonyl (C=O) groups excluding carboxylic acids is 1. The SMILES string of the molecule is COc1cc(/C=C2\N=C(c3ccc([N+](=O)[O-])cc3Cl)OC2=O)cc(Br)c1OCc1ccccc1Br. The molecule has 0 atom stereocenters. The Kier molecular flexibility index (Phi) is 7.54. The van der Waals surface area contributed by atoms with Crippen molar-refractivity contribution >= 4 is 67.1 Å². The second kappa shape index (κ2) is 10.6. The molecule has 0 bridgehead atoms. The summed E-state index contributed by atoms with van der Waals surface area (Å²) < 4.78 is 18.3. The molecule has 0 aromatic heterocycles. The van der Waals surface area contributed by atoms with Crippen LogP contribution in [-0.4, -0.2) is 23.9 Å². The van der Waals surface area contributed by atoms with E-state index in [4.69, 9.17) is 25.8 Å². The Morgan fingerprint density at radius 2 is 1.91 bits per heavy atom. The van der Waals surface area contributed by atoms with Gasteiger partial charge in [0.05, 0.1) is 27.1 Å². The second-order valence-corrected chi connectivity index (χ2v) is 9.29. The molecule has 35 heavy (non-hydrogen) atoms. The molecule has 0 unspecified atom stereocenters. The first-order valence-corrected chi connectivity index (χ1v) is 11.9. The Hall–Kier alpha value is -3.21. The fourth-order valence-corrected chi connectivity index (χ4v) is 4.43. The normalized spacial score (nSPS) is 14.0. The van der Waals surface area contributed by atoms with Gasteiger partial charge in [-0.1, -0.05) is 45.7 Å². The number of ether oxygens (including phenoxy) is 3. The zero-order chi connectivity index (χ0) is 25.1. The number of methoxy groups -OCH3 is 1. The first-order valence-electron chi connectivity index (χ1n) is 9.97. The number of nitro benzene ring substituents is 1. The van der Waals surface area contributed by atoms with Crippen LogP contribution in [0.4, 0.5) is 5.69 Å². The van der Waals surface area contributed by atoms with Gasteiger partial charge in [0, 0.05) is 22.2 Å². The summed E-state index contributed by atoms with van der Waals surface area (Å²) in [6.07, 6.45) is 1.53. The van der Waals surface area contributed by atoms with Crippen LogP contribution in [0.3, 0.4) is 0 Å². The fourth-order valence-electron chi connectivity index (χ4n) is 3.20. The molecular formula is C24H15Br2ClN2O6. The van der Waals surface area contributed by atoms with E-state index < -0.39 is 10.9 Å². The molecule has 0 N–H and O–H groups in total. The predicted octanol–water partition coefficient (Wildman–Crippen LogP) is 6.71. The third-order valence-electron chi connectivity index (χ3n) is 4.90. The standard InChI is InChI=1S/C24H15Br2ClN2O6/c1-33-21-10-13(8-18(26)22(21)34-12-14-4-2-3-5-17(14)25)9-20-24(30)35-23(28-20)16-7-6-15(29(31)32)11-19(16)27/h2-11H,12H2,1H3/b20-9-. The molecule has 0 radical (unpaired) electrons. The van der Waals surface area contributed by atoms with Crippen LogP contribution in [0.15, 0.2) is 74.2 Å². The number of benzene rings is 3. The van der Waals surface area contributed by atoms with Gasteiger partial charge in [0.25, 0.3) is 5.69 Å². The molecule has 8 nitrogen and oxygen atoms in total. The van der Waals surface area contributed by atoms with Crippen LogP contribution in [0.2, 0.25) is 5.02 Å². The molecule has 11 heteroatoms. The Balaban J connectivity index is 1.61. The Morgan fingerprint density at radius 1 is 1.14 bits per heavy atom. The maximum absolute atomic E-state index is 12.4. The van der Waals surface area contributed by atoms with Gasteiger partial charge in [-0.2, -0.15) is 0 Å². The lowest BCUT2D eigenvalue weighted by Crippen LogP contribution is -2.06. The molecule has 3 aromatic carbocycles. The number of cyclic esters (lactones) is 1.